The molecule has 0 fully saturated rings. The molecule has 1 aliphatic carbocycles. The zero-order chi connectivity index (χ0) is 44.4. The van der Waals surface area contributed by atoms with Crippen LogP contribution in [0.25, 0.3) is 93.9 Å². The summed E-state index contributed by atoms with van der Waals surface area (Å²) in [4.78, 5) is 0. The maximum atomic E-state index is 7.32. The summed E-state index contributed by atoms with van der Waals surface area (Å²) in [5.41, 5.74) is 29.7. The number of nitrogens with zero attached hydrogens (tertiary/aromatic N) is 1. The molecule has 12 rings (SSSR count). The van der Waals surface area contributed by atoms with Gasteiger partial charge in [0.15, 0.2) is 0 Å². The molecule has 65 heavy (non-hydrogen) atoms. The molecule has 314 valence electrons. The maximum absolute atomic E-state index is 7.32. The molecule has 2 heterocycles. The third-order valence-electron chi connectivity index (χ3n) is 14.6. The largest absolute Gasteiger partial charge is 0.455 e. The number of para-hydroxylation sites is 2. The van der Waals surface area contributed by atoms with E-state index in [-0.39, 0.29) is 5.92 Å². The van der Waals surface area contributed by atoms with E-state index in [9.17, 15) is 0 Å². The van der Waals surface area contributed by atoms with E-state index in [0.29, 0.717) is 0 Å². The number of aryl methyl sites for hydroxylation is 7. The van der Waals surface area contributed by atoms with Gasteiger partial charge < -0.3 is 8.98 Å². The van der Waals surface area contributed by atoms with Crippen LogP contribution in [0.3, 0.4) is 0 Å². The number of aromatic nitrogens is 1. The van der Waals surface area contributed by atoms with Crippen LogP contribution in [-0.4, -0.2) is 4.57 Å². The summed E-state index contributed by atoms with van der Waals surface area (Å²) in [6, 6.07) is 58.8. The minimum atomic E-state index is 0.143. The molecular weight excluding hydrogens is 787 g/mol. The van der Waals surface area contributed by atoms with Crippen molar-refractivity contribution >= 4 is 43.7 Å². The van der Waals surface area contributed by atoms with Crippen molar-refractivity contribution in [3.05, 3.63) is 219 Å². The van der Waals surface area contributed by atoms with E-state index in [0.717, 1.165) is 16.9 Å². The molecule has 0 aliphatic heterocycles. The molecule has 0 bridgehead atoms. The van der Waals surface area contributed by atoms with Crippen LogP contribution in [0.2, 0.25) is 0 Å². The Bertz CT molecular complexity index is 3690. The molecule has 1 aliphatic rings. The molecule has 2 aromatic heterocycles. The average Bonchev–Trinajstić information content (AvgIpc) is 3.95. The van der Waals surface area contributed by atoms with Crippen LogP contribution in [0.4, 0.5) is 0 Å². The Morgan fingerprint density at radius 1 is 0.415 bits per heavy atom. The Morgan fingerprint density at radius 2 is 0.985 bits per heavy atom. The van der Waals surface area contributed by atoms with Crippen LogP contribution >= 0.6 is 0 Å². The minimum Gasteiger partial charge on any atom is -0.455 e. The normalized spacial score (nSPS) is 12.6. The van der Waals surface area contributed by atoms with Gasteiger partial charge in [0.25, 0.3) is 0 Å². The molecule has 0 N–H and O–H groups in total. The first-order valence-corrected chi connectivity index (χ1v) is 23.0. The summed E-state index contributed by atoms with van der Waals surface area (Å²) in [6.07, 6.45) is 0. The van der Waals surface area contributed by atoms with Crippen LogP contribution in [-0.2, 0) is 0 Å². The molecule has 0 saturated carbocycles. The van der Waals surface area contributed by atoms with Crippen molar-refractivity contribution in [2.75, 3.05) is 0 Å². The molecule has 0 atom stereocenters. The second kappa shape index (κ2) is 14.6. The number of hydrogen-bond acceptors (Lipinski definition) is 1. The number of benzene rings is 9. The van der Waals surface area contributed by atoms with Crippen LogP contribution in [0.5, 0.6) is 0 Å². The highest BCUT2D eigenvalue weighted by molar-refractivity contribution is 6.17. The topological polar surface area (TPSA) is 18.1 Å². The van der Waals surface area contributed by atoms with Gasteiger partial charge in [-0.3, -0.25) is 0 Å². The van der Waals surface area contributed by atoms with E-state index in [1.165, 1.54) is 138 Å². The lowest BCUT2D eigenvalue weighted by molar-refractivity contribution is 0.669. The molecule has 0 amide bonds. The first kappa shape index (κ1) is 39.2. The van der Waals surface area contributed by atoms with Gasteiger partial charge in [0.05, 0.1) is 11.0 Å². The van der Waals surface area contributed by atoms with Crippen LogP contribution in [0.1, 0.15) is 67.1 Å². The molecule has 2 heteroatoms. The fraction of sp³-hybridized carbons (Fsp3) is 0.143. The molecule has 11 aromatic rings. The van der Waals surface area contributed by atoms with E-state index in [1.54, 1.807) is 0 Å². The van der Waals surface area contributed by atoms with Gasteiger partial charge in [0.1, 0.15) is 11.2 Å². The number of furan rings is 1. The lowest BCUT2D eigenvalue weighted by atomic mass is 9.81. The van der Waals surface area contributed by atoms with Gasteiger partial charge in [-0.15, -0.1) is 0 Å². The van der Waals surface area contributed by atoms with E-state index >= 15 is 0 Å². The summed E-state index contributed by atoms with van der Waals surface area (Å²) in [6.45, 7) is 18.2. The molecule has 0 radical (unpaired) electrons. The molecule has 2 nitrogen and oxygen atoms in total. The van der Waals surface area contributed by atoms with Crippen LogP contribution < -0.4 is 0 Å². The Hall–Kier alpha value is -7.42. The SMILES string of the molecule is Cc1cc(-c2c(C)c(-c3c(C)cc(C)cc3C)c(C)c3c2oc2cc(C)c(-c4cccc(-n5c6ccccc6c6ccccc65)c4)c(C)c23)cc(C2c3ccccc3-c3ccccc32)c1. The second-order valence-electron chi connectivity index (χ2n) is 18.8. The van der Waals surface area contributed by atoms with Gasteiger partial charge in [-0.25, -0.2) is 0 Å². The van der Waals surface area contributed by atoms with E-state index in [4.69, 9.17) is 4.42 Å². The van der Waals surface area contributed by atoms with Crippen molar-refractivity contribution in [2.24, 2.45) is 0 Å². The standard InChI is InChI=1S/C63H51NO/c1-35-28-37(3)56(38(4)29-35)58-41(7)59(44-30-36(2)31-45(33-44)62-51-24-11-9-20-47(51)48-21-10-12-25-52(48)62)63-61(42(58)8)60-40(6)57(39(5)32-55(60)65-63)43-18-17-19-46(34-43)64-53-26-15-13-22-49(53)50-23-14-16-27-54(50)64/h9-34,62H,1-8H3. The predicted molar refractivity (Wildman–Crippen MR) is 275 cm³/mol. The van der Waals surface area contributed by atoms with Gasteiger partial charge in [-0.2, -0.15) is 0 Å². The Balaban J connectivity index is 1.13. The minimum absolute atomic E-state index is 0.143. The van der Waals surface area contributed by atoms with Gasteiger partial charge in [-0.05, 0) is 175 Å². The fourth-order valence-electron chi connectivity index (χ4n) is 12.2. The van der Waals surface area contributed by atoms with Crippen molar-refractivity contribution in [2.45, 2.75) is 61.3 Å². The molecule has 9 aromatic carbocycles. The van der Waals surface area contributed by atoms with Crippen molar-refractivity contribution in [3.63, 3.8) is 0 Å². The highest BCUT2D eigenvalue weighted by Crippen LogP contribution is 2.52. The number of rotatable bonds is 5. The molecule has 0 saturated heterocycles. The van der Waals surface area contributed by atoms with Gasteiger partial charge in [0.2, 0.25) is 0 Å². The zero-order valence-corrected chi connectivity index (χ0v) is 38.4. The van der Waals surface area contributed by atoms with Crippen LogP contribution in [0.15, 0.2) is 162 Å². The highest BCUT2D eigenvalue weighted by Gasteiger charge is 2.31. The summed E-state index contributed by atoms with van der Waals surface area (Å²) in [7, 11) is 0. The van der Waals surface area contributed by atoms with Gasteiger partial charge >= 0.3 is 0 Å². The highest BCUT2D eigenvalue weighted by atomic mass is 16.3. The Labute approximate surface area is 381 Å². The monoisotopic (exact) mass is 837 g/mol. The molecule has 0 spiro atoms. The Morgan fingerprint density at radius 3 is 1.65 bits per heavy atom. The smallest absolute Gasteiger partial charge is 0.143 e. The van der Waals surface area contributed by atoms with Gasteiger partial charge in [-0.1, -0.05) is 139 Å². The fourth-order valence-corrected chi connectivity index (χ4v) is 12.2. The average molecular weight is 838 g/mol. The second-order valence-corrected chi connectivity index (χ2v) is 18.8. The summed E-state index contributed by atoms with van der Waals surface area (Å²) in [5, 5.41) is 4.92. The van der Waals surface area contributed by atoms with E-state index in [1.807, 2.05) is 0 Å². The lowest BCUT2D eigenvalue weighted by Gasteiger charge is -2.22. The molecular formula is C63H51NO. The van der Waals surface area contributed by atoms with Crippen molar-refractivity contribution in [1.29, 1.82) is 0 Å². The number of fused-ring (bicyclic) bond motifs is 9. The maximum Gasteiger partial charge on any atom is 0.143 e. The lowest BCUT2D eigenvalue weighted by Crippen LogP contribution is -2.02. The number of hydrogen-bond donors (Lipinski definition) is 0. The summed E-state index contributed by atoms with van der Waals surface area (Å²) in [5.74, 6) is 0.143. The van der Waals surface area contributed by atoms with E-state index < -0.39 is 0 Å². The van der Waals surface area contributed by atoms with Crippen molar-refractivity contribution < 1.29 is 4.42 Å². The Kier molecular flexibility index (Phi) is 8.78. The zero-order valence-electron chi connectivity index (χ0n) is 38.4. The first-order valence-electron chi connectivity index (χ1n) is 23.0. The van der Waals surface area contributed by atoms with Crippen LogP contribution in [0, 0.1) is 55.4 Å². The predicted octanol–water partition coefficient (Wildman–Crippen LogP) is 17.3. The van der Waals surface area contributed by atoms with Crippen molar-refractivity contribution in [1.82, 2.24) is 4.57 Å². The quantitative estimate of drug-likeness (QED) is 0.169. The third kappa shape index (κ3) is 5.79. The molecule has 0 unspecified atom stereocenters. The van der Waals surface area contributed by atoms with Crippen molar-refractivity contribution in [3.8, 4) is 50.2 Å². The first-order chi connectivity index (χ1) is 31.6. The third-order valence-corrected chi connectivity index (χ3v) is 14.6. The summed E-state index contributed by atoms with van der Waals surface area (Å²) >= 11 is 0. The summed E-state index contributed by atoms with van der Waals surface area (Å²) < 4.78 is 9.73. The van der Waals surface area contributed by atoms with E-state index in [2.05, 4.69) is 218 Å². The van der Waals surface area contributed by atoms with Gasteiger partial charge in [0, 0.05) is 38.7 Å².